The van der Waals surface area contributed by atoms with Crippen molar-refractivity contribution in [2.24, 2.45) is 5.73 Å². The molecule has 2 N–H and O–H groups in total. The largest absolute Gasteiger partial charge is 0.462 e. The number of nitrogens with two attached hydrogens (primary N) is 1. The van der Waals surface area contributed by atoms with Gasteiger partial charge in [-0.3, -0.25) is 0 Å². The maximum atomic E-state index is 6.31. The summed E-state index contributed by atoms with van der Waals surface area (Å²) in [6.45, 7) is 0.494. The lowest BCUT2D eigenvalue weighted by Gasteiger charge is -2.08. The van der Waals surface area contributed by atoms with Crippen molar-refractivity contribution in [1.82, 2.24) is 0 Å². The first-order valence-electron chi connectivity index (χ1n) is 6.72. The normalized spacial score (nSPS) is 16.3. The van der Waals surface area contributed by atoms with Crippen molar-refractivity contribution in [3.8, 4) is 0 Å². The molecular weight excluding hydrogens is 258 g/mol. The van der Waals surface area contributed by atoms with Gasteiger partial charge in [0, 0.05) is 16.9 Å². The van der Waals surface area contributed by atoms with Crippen molar-refractivity contribution in [2.75, 3.05) is 7.11 Å². The molecule has 102 valence electrons. The van der Waals surface area contributed by atoms with Crippen LogP contribution in [0.25, 0.3) is 0 Å². The summed E-state index contributed by atoms with van der Waals surface area (Å²) in [6, 6.07) is 6.01. The molecule has 0 amide bonds. The minimum atomic E-state index is -0.152. The highest BCUT2D eigenvalue weighted by Crippen LogP contribution is 2.34. The van der Waals surface area contributed by atoms with Crippen LogP contribution in [0, 0.1) is 0 Å². The minimum absolute atomic E-state index is 0.152. The molecule has 0 saturated heterocycles. The number of furan rings is 1. The zero-order chi connectivity index (χ0) is 13.2. The average Bonchev–Trinajstić information content (AvgIpc) is 3.04. The average molecular weight is 277 g/mol. The van der Waals surface area contributed by atoms with E-state index in [1.165, 1.54) is 41.0 Å². The van der Waals surface area contributed by atoms with Crippen LogP contribution in [0.5, 0.6) is 0 Å². The van der Waals surface area contributed by atoms with E-state index in [4.69, 9.17) is 14.9 Å². The molecule has 4 heteroatoms. The van der Waals surface area contributed by atoms with Crippen LogP contribution >= 0.6 is 11.3 Å². The van der Waals surface area contributed by atoms with Crippen LogP contribution in [0.15, 0.2) is 22.6 Å². The summed E-state index contributed by atoms with van der Waals surface area (Å²) in [4.78, 5) is 2.73. The standard InChI is InChI=1S/C15H19NO2S/c1-17-9-11-6-7-12(18-11)15(16)14-8-10-4-2-3-5-13(10)19-14/h6-8,15H,2-5,9,16H2,1H3. The fourth-order valence-electron chi connectivity index (χ4n) is 2.59. The molecule has 2 heterocycles. The third-order valence-electron chi connectivity index (χ3n) is 3.60. The predicted molar refractivity (Wildman–Crippen MR) is 76.4 cm³/mol. The Kier molecular flexibility index (Phi) is 3.73. The third-order valence-corrected chi connectivity index (χ3v) is 4.92. The molecule has 3 nitrogen and oxygen atoms in total. The molecule has 1 aliphatic carbocycles. The first-order valence-corrected chi connectivity index (χ1v) is 7.54. The lowest BCUT2D eigenvalue weighted by Crippen LogP contribution is -2.09. The van der Waals surface area contributed by atoms with Crippen LogP contribution in [0.2, 0.25) is 0 Å². The molecular formula is C15H19NO2S. The Hall–Kier alpha value is -1.10. The topological polar surface area (TPSA) is 48.4 Å². The number of fused-ring (bicyclic) bond motifs is 1. The quantitative estimate of drug-likeness (QED) is 0.931. The molecule has 0 radical (unpaired) electrons. The second-order valence-electron chi connectivity index (χ2n) is 5.02. The molecule has 0 aromatic carbocycles. The van der Waals surface area contributed by atoms with Gasteiger partial charge in [0.05, 0.1) is 6.04 Å². The molecule has 19 heavy (non-hydrogen) atoms. The van der Waals surface area contributed by atoms with E-state index in [-0.39, 0.29) is 6.04 Å². The summed E-state index contributed by atoms with van der Waals surface area (Å²) >= 11 is 1.84. The summed E-state index contributed by atoms with van der Waals surface area (Å²) in [5.41, 5.74) is 7.80. The highest BCUT2D eigenvalue weighted by atomic mass is 32.1. The van der Waals surface area contributed by atoms with Crippen molar-refractivity contribution in [2.45, 2.75) is 38.3 Å². The van der Waals surface area contributed by atoms with Crippen LogP contribution in [0.4, 0.5) is 0 Å². The Labute approximate surface area is 117 Å². The van der Waals surface area contributed by atoms with Gasteiger partial charge in [0.2, 0.25) is 0 Å². The first-order chi connectivity index (χ1) is 9.28. The Bertz CT molecular complexity index is 535. The SMILES string of the molecule is COCc1ccc(C(N)c2cc3c(s2)CCCC3)o1. The van der Waals surface area contributed by atoms with Crippen LogP contribution < -0.4 is 5.73 Å². The molecule has 2 aromatic heterocycles. The maximum absolute atomic E-state index is 6.31. The van der Waals surface area contributed by atoms with Gasteiger partial charge in [-0.05, 0) is 49.4 Å². The molecule has 0 spiro atoms. The summed E-state index contributed by atoms with van der Waals surface area (Å²) in [7, 11) is 1.66. The minimum Gasteiger partial charge on any atom is -0.462 e. The lowest BCUT2D eigenvalue weighted by atomic mass is 9.99. The molecule has 0 fully saturated rings. The molecule has 0 bridgehead atoms. The zero-order valence-corrected chi connectivity index (χ0v) is 12.0. The first kappa shape index (κ1) is 12.9. The molecule has 3 rings (SSSR count). The van der Waals surface area contributed by atoms with Gasteiger partial charge in [-0.1, -0.05) is 0 Å². The van der Waals surface area contributed by atoms with E-state index in [0.717, 1.165) is 11.5 Å². The number of rotatable bonds is 4. The van der Waals surface area contributed by atoms with E-state index < -0.39 is 0 Å². The number of hydrogen-bond donors (Lipinski definition) is 1. The maximum Gasteiger partial charge on any atom is 0.129 e. The third kappa shape index (κ3) is 2.61. The Morgan fingerprint density at radius 1 is 1.37 bits per heavy atom. The molecule has 1 atom stereocenters. The smallest absolute Gasteiger partial charge is 0.129 e. The van der Waals surface area contributed by atoms with E-state index in [2.05, 4.69) is 6.07 Å². The predicted octanol–water partition coefficient (Wildman–Crippen LogP) is 3.41. The van der Waals surface area contributed by atoms with Crippen molar-refractivity contribution in [1.29, 1.82) is 0 Å². The van der Waals surface area contributed by atoms with E-state index >= 15 is 0 Å². The van der Waals surface area contributed by atoms with Crippen molar-refractivity contribution in [3.63, 3.8) is 0 Å². The van der Waals surface area contributed by atoms with Gasteiger partial charge < -0.3 is 14.9 Å². The molecule has 0 saturated carbocycles. The van der Waals surface area contributed by atoms with Crippen LogP contribution in [-0.4, -0.2) is 7.11 Å². The van der Waals surface area contributed by atoms with Gasteiger partial charge in [-0.2, -0.15) is 0 Å². The van der Waals surface area contributed by atoms with Crippen LogP contribution in [0.3, 0.4) is 0 Å². The van der Waals surface area contributed by atoms with Crippen molar-refractivity contribution < 1.29 is 9.15 Å². The van der Waals surface area contributed by atoms with E-state index in [9.17, 15) is 0 Å². The number of ether oxygens (including phenoxy) is 1. The molecule has 1 unspecified atom stereocenters. The lowest BCUT2D eigenvalue weighted by molar-refractivity contribution is 0.162. The zero-order valence-electron chi connectivity index (χ0n) is 11.1. The number of hydrogen-bond acceptors (Lipinski definition) is 4. The fourth-order valence-corrected chi connectivity index (χ4v) is 3.86. The van der Waals surface area contributed by atoms with Gasteiger partial charge in [-0.25, -0.2) is 0 Å². The Balaban J connectivity index is 1.82. The van der Waals surface area contributed by atoms with Crippen molar-refractivity contribution >= 4 is 11.3 Å². The van der Waals surface area contributed by atoms with Gasteiger partial charge in [0.15, 0.2) is 0 Å². The van der Waals surface area contributed by atoms with Crippen LogP contribution in [0.1, 0.15) is 45.7 Å². The summed E-state index contributed by atoms with van der Waals surface area (Å²) in [5.74, 6) is 1.65. The number of aryl methyl sites for hydroxylation is 2. The molecule has 1 aliphatic rings. The van der Waals surface area contributed by atoms with Gasteiger partial charge in [-0.15, -0.1) is 11.3 Å². The summed E-state index contributed by atoms with van der Waals surface area (Å²) in [5, 5.41) is 0. The Morgan fingerprint density at radius 3 is 3.00 bits per heavy atom. The van der Waals surface area contributed by atoms with Crippen LogP contribution in [-0.2, 0) is 24.2 Å². The Morgan fingerprint density at radius 2 is 2.21 bits per heavy atom. The summed E-state index contributed by atoms with van der Waals surface area (Å²) < 4.78 is 10.8. The highest BCUT2D eigenvalue weighted by Gasteiger charge is 2.20. The van der Waals surface area contributed by atoms with E-state index in [1.807, 2.05) is 23.5 Å². The fraction of sp³-hybridized carbons (Fsp3) is 0.467. The highest BCUT2D eigenvalue weighted by molar-refractivity contribution is 7.12. The second-order valence-corrected chi connectivity index (χ2v) is 6.19. The van der Waals surface area contributed by atoms with E-state index in [1.54, 1.807) is 7.11 Å². The molecule has 2 aromatic rings. The van der Waals surface area contributed by atoms with Gasteiger partial charge in [0.1, 0.15) is 18.1 Å². The van der Waals surface area contributed by atoms with Crippen molar-refractivity contribution in [3.05, 3.63) is 45.0 Å². The number of thiophene rings is 1. The van der Waals surface area contributed by atoms with E-state index in [0.29, 0.717) is 6.61 Å². The van der Waals surface area contributed by atoms with Gasteiger partial charge >= 0.3 is 0 Å². The summed E-state index contributed by atoms with van der Waals surface area (Å²) in [6.07, 6.45) is 5.02. The second kappa shape index (κ2) is 5.49. The van der Waals surface area contributed by atoms with Gasteiger partial charge in [0.25, 0.3) is 0 Å². The number of methoxy groups -OCH3 is 1. The molecule has 0 aliphatic heterocycles. The monoisotopic (exact) mass is 277 g/mol.